The molecule has 0 saturated carbocycles. The van der Waals surface area contributed by atoms with Gasteiger partial charge in [0.15, 0.2) is 0 Å². The van der Waals surface area contributed by atoms with Gasteiger partial charge in [0.05, 0.1) is 6.61 Å². The maximum Gasteiger partial charge on any atom is 0.0606 e. The normalized spacial score (nSPS) is 10.5. The van der Waals surface area contributed by atoms with Crippen molar-refractivity contribution in [2.45, 2.75) is 19.9 Å². The van der Waals surface area contributed by atoms with Crippen molar-refractivity contribution in [3.05, 3.63) is 24.5 Å². The summed E-state index contributed by atoms with van der Waals surface area (Å²) >= 11 is 0. The number of hydrogen-bond donors (Lipinski definition) is 1. The van der Waals surface area contributed by atoms with Gasteiger partial charge in [-0.25, -0.2) is 0 Å². The molecule has 0 aliphatic carbocycles. The van der Waals surface area contributed by atoms with E-state index in [1.54, 1.807) is 12.4 Å². The molecule has 0 bridgehead atoms. The van der Waals surface area contributed by atoms with E-state index in [4.69, 9.17) is 5.11 Å². The molecule has 1 heterocycles. The largest absolute Gasteiger partial charge is 0.395 e. The van der Waals surface area contributed by atoms with E-state index in [9.17, 15) is 0 Å². The van der Waals surface area contributed by atoms with E-state index in [-0.39, 0.29) is 6.61 Å². The average molecular weight is 180 g/mol. The summed E-state index contributed by atoms with van der Waals surface area (Å²) in [6.07, 6.45) is 3.53. The smallest absolute Gasteiger partial charge is 0.0606 e. The van der Waals surface area contributed by atoms with Crippen LogP contribution in [0.15, 0.2) is 24.5 Å². The van der Waals surface area contributed by atoms with E-state index < -0.39 is 0 Å². The second-order valence-electron chi connectivity index (χ2n) is 3.22. The van der Waals surface area contributed by atoms with Crippen LogP contribution in [0.4, 0.5) is 5.69 Å². The van der Waals surface area contributed by atoms with Crippen molar-refractivity contribution in [3.63, 3.8) is 0 Å². The molecule has 0 radical (unpaired) electrons. The first-order valence-electron chi connectivity index (χ1n) is 4.53. The molecular weight excluding hydrogens is 164 g/mol. The van der Waals surface area contributed by atoms with Gasteiger partial charge in [0, 0.05) is 30.7 Å². The van der Waals surface area contributed by atoms with Crippen LogP contribution in [0.1, 0.15) is 13.8 Å². The first kappa shape index (κ1) is 9.99. The molecule has 1 aromatic rings. The van der Waals surface area contributed by atoms with Crippen molar-refractivity contribution in [2.75, 3.05) is 18.1 Å². The van der Waals surface area contributed by atoms with Gasteiger partial charge in [-0.2, -0.15) is 0 Å². The minimum absolute atomic E-state index is 0.181. The minimum Gasteiger partial charge on any atom is -0.395 e. The van der Waals surface area contributed by atoms with Crippen molar-refractivity contribution in [1.82, 2.24) is 4.98 Å². The zero-order valence-electron chi connectivity index (χ0n) is 8.14. The van der Waals surface area contributed by atoms with Crippen molar-refractivity contribution in [1.29, 1.82) is 0 Å². The van der Waals surface area contributed by atoms with Gasteiger partial charge < -0.3 is 10.0 Å². The van der Waals surface area contributed by atoms with Crippen LogP contribution in [0.3, 0.4) is 0 Å². The van der Waals surface area contributed by atoms with E-state index in [1.807, 2.05) is 12.1 Å². The number of anilines is 1. The fraction of sp³-hybridized carbons (Fsp3) is 0.500. The van der Waals surface area contributed by atoms with E-state index in [2.05, 4.69) is 23.7 Å². The Kier molecular flexibility index (Phi) is 3.71. The van der Waals surface area contributed by atoms with E-state index in [1.165, 1.54) is 0 Å². The Bertz CT molecular complexity index is 236. The highest BCUT2D eigenvalue weighted by molar-refractivity contribution is 5.45. The first-order valence-corrected chi connectivity index (χ1v) is 4.53. The number of nitrogens with zero attached hydrogens (tertiary/aromatic N) is 2. The number of pyridine rings is 1. The van der Waals surface area contributed by atoms with Gasteiger partial charge in [-0.05, 0) is 26.0 Å². The summed E-state index contributed by atoms with van der Waals surface area (Å²) in [5, 5.41) is 8.89. The lowest BCUT2D eigenvalue weighted by atomic mass is 10.2. The van der Waals surface area contributed by atoms with Crippen molar-refractivity contribution in [3.8, 4) is 0 Å². The summed E-state index contributed by atoms with van der Waals surface area (Å²) in [5.74, 6) is 0. The Labute approximate surface area is 79.0 Å². The van der Waals surface area contributed by atoms with Crippen LogP contribution in [-0.4, -0.2) is 29.3 Å². The Morgan fingerprint density at radius 1 is 1.38 bits per heavy atom. The van der Waals surface area contributed by atoms with E-state index in [0.717, 1.165) is 5.69 Å². The van der Waals surface area contributed by atoms with Crippen LogP contribution in [-0.2, 0) is 0 Å². The third-order valence-electron chi connectivity index (χ3n) is 1.96. The predicted octanol–water partition coefficient (Wildman–Crippen LogP) is 1.29. The van der Waals surface area contributed by atoms with Gasteiger partial charge in [0.2, 0.25) is 0 Å². The molecule has 0 amide bonds. The second-order valence-corrected chi connectivity index (χ2v) is 3.22. The van der Waals surface area contributed by atoms with Crippen molar-refractivity contribution in [2.24, 2.45) is 0 Å². The van der Waals surface area contributed by atoms with Crippen LogP contribution >= 0.6 is 0 Å². The molecule has 0 aromatic carbocycles. The molecule has 3 heteroatoms. The average Bonchev–Trinajstić information content (AvgIpc) is 2.15. The molecular formula is C10H16N2O. The molecule has 0 fully saturated rings. The summed E-state index contributed by atoms with van der Waals surface area (Å²) in [6, 6.07) is 4.31. The minimum atomic E-state index is 0.181. The topological polar surface area (TPSA) is 36.4 Å². The zero-order valence-corrected chi connectivity index (χ0v) is 8.14. The maximum absolute atomic E-state index is 8.89. The molecule has 0 aliphatic rings. The molecule has 1 aromatic heterocycles. The van der Waals surface area contributed by atoms with Crippen molar-refractivity contribution >= 4 is 5.69 Å². The number of aromatic nitrogens is 1. The highest BCUT2D eigenvalue weighted by Gasteiger charge is 2.08. The highest BCUT2D eigenvalue weighted by atomic mass is 16.3. The molecule has 0 atom stereocenters. The number of aliphatic hydroxyl groups excluding tert-OH is 1. The fourth-order valence-electron chi connectivity index (χ4n) is 1.33. The summed E-state index contributed by atoms with van der Waals surface area (Å²) in [4.78, 5) is 6.10. The third kappa shape index (κ3) is 2.70. The molecule has 72 valence electrons. The van der Waals surface area contributed by atoms with Crippen LogP contribution in [0.2, 0.25) is 0 Å². The maximum atomic E-state index is 8.89. The quantitative estimate of drug-likeness (QED) is 0.758. The first-order chi connectivity index (χ1) is 6.25. The summed E-state index contributed by atoms with van der Waals surface area (Å²) < 4.78 is 0. The molecule has 0 unspecified atom stereocenters. The van der Waals surface area contributed by atoms with Crippen LogP contribution in [0.25, 0.3) is 0 Å². The lowest BCUT2D eigenvalue weighted by Crippen LogP contribution is -2.33. The lowest BCUT2D eigenvalue weighted by molar-refractivity contribution is 0.299. The van der Waals surface area contributed by atoms with Gasteiger partial charge in [-0.1, -0.05) is 0 Å². The monoisotopic (exact) mass is 180 g/mol. The number of rotatable bonds is 4. The zero-order chi connectivity index (χ0) is 9.68. The summed E-state index contributed by atoms with van der Waals surface area (Å²) in [7, 11) is 0. The lowest BCUT2D eigenvalue weighted by Gasteiger charge is -2.27. The van der Waals surface area contributed by atoms with Crippen LogP contribution in [0, 0.1) is 0 Å². The molecule has 0 saturated heterocycles. The highest BCUT2D eigenvalue weighted by Crippen LogP contribution is 2.14. The number of aliphatic hydroxyl groups is 1. The number of hydrogen-bond acceptors (Lipinski definition) is 3. The van der Waals surface area contributed by atoms with Gasteiger partial charge in [0.1, 0.15) is 0 Å². The van der Waals surface area contributed by atoms with Crippen LogP contribution < -0.4 is 4.90 Å². The Morgan fingerprint density at radius 3 is 2.46 bits per heavy atom. The third-order valence-corrected chi connectivity index (χ3v) is 1.96. The van der Waals surface area contributed by atoms with E-state index >= 15 is 0 Å². The standard InChI is InChI=1S/C10H16N2O/c1-9(2)12(7-8-13)10-3-5-11-6-4-10/h3-6,9,13H,7-8H2,1-2H3. The van der Waals surface area contributed by atoms with Gasteiger partial charge in [0.25, 0.3) is 0 Å². The second kappa shape index (κ2) is 4.82. The summed E-state index contributed by atoms with van der Waals surface area (Å²) in [5.41, 5.74) is 1.11. The molecule has 1 rings (SSSR count). The van der Waals surface area contributed by atoms with Gasteiger partial charge >= 0.3 is 0 Å². The predicted molar refractivity (Wildman–Crippen MR) is 53.8 cm³/mol. The molecule has 0 aliphatic heterocycles. The fourth-order valence-corrected chi connectivity index (χ4v) is 1.33. The molecule has 3 nitrogen and oxygen atoms in total. The van der Waals surface area contributed by atoms with E-state index in [0.29, 0.717) is 12.6 Å². The molecule has 13 heavy (non-hydrogen) atoms. The summed E-state index contributed by atoms with van der Waals surface area (Å²) in [6.45, 7) is 5.06. The Hall–Kier alpha value is -1.09. The Balaban J connectivity index is 2.76. The molecule has 1 N–H and O–H groups in total. The Morgan fingerprint density at radius 2 is 2.00 bits per heavy atom. The SMILES string of the molecule is CC(C)N(CCO)c1ccncc1. The van der Waals surface area contributed by atoms with Gasteiger partial charge in [-0.3, -0.25) is 4.98 Å². The molecule has 0 spiro atoms. The van der Waals surface area contributed by atoms with Gasteiger partial charge in [-0.15, -0.1) is 0 Å². The van der Waals surface area contributed by atoms with Crippen molar-refractivity contribution < 1.29 is 5.11 Å². The van der Waals surface area contributed by atoms with Crippen LogP contribution in [0.5, 0.6) is 0 Å².